The smallest absolute Gasteiger partial charge is 0.214 e. The number of hydrogen-bond donors (Lipinski definition) is 0. The van der Waals surface area contributed by atoms with E-state index in [1.165, 1.54) is 11.1 Å². The molecule has 0 aliphatic carbocycles. The Bertz CT molecular complexity index is 901. The van der Waals surface area contributed by atoms with E-state index in [0.717, 1.165) is 44.1 Å². The maximum absolute atomic E-state index is 11.4. The molecule has 1 aromatic carbocycles. The molecule has 152 valence electrons. The van der Waals surface area contributed by atoms with Gasteiger partial charge in [-0.2, -0.15) is 5.26 Å². The molecule has 0 spiro atoms. The van der Waals surface area contributed by atoms with Crippen LogP contribution >= 0.6 is 0 Å². The van der Waals surface area contributed by atoms with E-state index in [0.29, 0.717) is 24.4 Å². The molecule has 2 heterocycles. The minimum absolute atomic E-state index is 0.441. The summed E-state index contributed by atoms with van der Waals surface area (Å²) in [6.07, 6.45) is 2.68. The highest BCUT2D eigenvalue weighted by Gasteiger charge is 2.22. The Morgan fingerprint density at radius 3 is 2.55 bits per heavy atom. The molecule has 29 heavy (non-hydrogen) atoms. The summed E-state index contributed by atoms with van der Waals surface area (Å²) in [5, 5.41) is 9.67. The Morgan fingerprint density at radius 2 is 1.93 bits per heavy atom. The van der Waals surface area contributed by atoms with Gasteiger partial charge in [0.2, 0.25) is 6.41 Å². The number of benzene rings is 1. The van der Waals surface area contributed by atoms with Crippen LogP contribution in [0.4, 0.5) is 17.2 Å². The number of aromatic nitrogens is 1. The molecule has 1 saturated heterocycles. The van der Waals surface area contributed by atoms with Crippen LogP contribution in [0.3, 0.4) is 0 Å². The summed E-state index contributed by atoms with van der Waals surface area (Å²) in [7, 11) is 1.60. The van der Waals surface area contributed by atoms with Crippen molar-refractivity contribution in [1.29, 1.82) is 5.26 Å². The number of carbonyl (C=O) groups excluding carboxylic acids is 1. The molecular formula is C22H27N5O2. The predicted molar refractivity (Wildman–Crippen MR) is 115 cm³/mol. The maximum atomic E-state index is 11.4. The van der Waals surface area contributed by atoms with Crippen molar-refractivity contribution in [3.63, 3.8) is 0 Å². The largest absolute Gasteiger partial charge is 0.383 e. The summed E-state index contributed by atoms with van der Waals surface area (Å²) in [5.41, 5.74) is 4.53. The van der Waals surface area contributed by atoms with Crippen LogP contribution in [0, 0.1) is 25.2 Å². The summed E-state index contributed by atoms with van der Waals surface area (Å²) in [5.74, 6) is 1.03. The van der Waals surface area contributed by atoms with E-state index in [4.69, 9.17) is 4.74 Å². The van der Waals surface area contributed by atoms with E-state index >= 15 is 0 Å². The van der Waals surface area contributed by atoms with Gasteiger partial charge in [-0.05, 0) is 43.2 Å². The Kier molecular flexibility index (Phi) is 6.68. The number of methoxy groups -OCH3 is 1. The van der Waals surface area contributed by atoms with Gasteiger partial charge in [-0.15, -0.1) is 0 Å². The zero-order valence-corrected chi connectivity index (χ0v) is 17.3. The van der Waals surface area contributed by atoms with Crippen LogP contribution in [0.2, 0.25) is 0 Å². The molecule has 1 aromatic heterocycles. The molecular weight excluding hydrogens is 366 g/mol. The van der Waals surface area contributed by atoms with Gasteiger partial charge in [-0.1, -0.05) is 6.07 Å². The summed E-state index contributed by atoms with van der Waals surface area (Å²) < 4.78 is 5.05. The summed E-state index contributed by atoms with van der Waals surface area (Å²) in [4.78, 5) is 22.1. The summed E-state index contributed by atoms with van der Waals surface area (Å²) in [6.45, 7) is 8.35. The minimum atomic E-state index is 0.441. The molecule has 1 aliphatic rings. The highest BCUT2D eigenvalue weighted by atomic mass is 16.5. The van der Waals surface area contributed by atoms with E-state index < -0.39 is 0 Å². The zero-order valence-electron chi connectivity index (χ0n) is 17.3. The van der Waals surface area contributed by atoms with Gasteiger partial charge in [0.25, 0.3) is 0 Å². The van der Waals surface area contributed by atoms with Gasteiger partial charge in [0.1, 0.15) is 11.9 Å². The molecule has 1 amide bonds. The molecule has 0 saturated carbocycles. The first-order chi connectivity index (χ1) is 14.1. The lowest BCUT2D eigenvalue weighted by Gasteiger charge is -2.37. The number of aryl methyl sites for hydroxylation is 2. The van der Waals surface area contributed by atoms with Crippen molar-refractivity contribution in [2.75, 3.05) is 61.1 Å². The molecule has 0 radical (unpaired) electrons. The summed E-state index contributed by atoms with van der Waals surface area (Å²) in [6, 6.07) is 10.0. The molecule has 0 N–H and O–H groups in total. The fraction of sp³-hybridized carbons (Fsp3) is 0.409. The molecule has 7 heteroatoms. The third kappa shape index (κ3) is 4.66. The first-order valence-electron chi connectivity index (χ1n) is 9.75. The minimum Gasteiger partial charge on any atom is -0.383 e. The van der Waals surface area contributed by atoms with E-state index in [2.05, 4.69) is 40.8 Å². The van der Waals surface area contributed by atoms with Crippen molar-refractivity contribution in [3.8, 4) is 6.07 Å². The number of amides is 1. The second kappa shape index (κ2) is 9.39. The SMILES string of the molecule is COCCN(C=O)c1ccc(N2CCN(c3ncc(C)cc3C)CC2)c(C#N)c1. The van der Waals surface area contributed by atoms with Crippen molar-refractivity contribution in [2.45, 2.75) is 13.8 Å². The topological polar surface area (TPSA) is 72.7 Å². The fourth-order valence-electron chi connectivity index (χ4n) is 3.70. The highest BCUT2D eigenvalue weighted by Crippen LogP contribution is 2.28. The second-order valence-corrected chi connectivity index (χ2v) is 7.23. The monoisotopic (exact) mass is 393 g/mol. The first kappa shape index (κ1) is 20.6. The van der Waals surface area contributed by atoms with Crippen LogP contribution in [0.25, 0.3) is 0 Å². The van der Waals surface area contributed by atoms with Crippen LogP contribution in [0.1, 0.15) is 16.7 Å². The lowest BCUT2D eigenvalue weighted by Crippen LogP contribution is -2.47. The second-order valence-electron chi connectivity index (χ2n) is 7.23. The van der Waals surface area contributed by atoms with E-state index in [-0.39, 0.29) is 0 Å². The number of nitriles is 1. The molecule has 1 fully saturated rings. The standard InChI is InChI=1S/C22H27N5O2/c1-17-12-18(2)22(24-15-17)26-8-6-25(7-9-26)21-5-4-20(13-19(21)14-23)27(16-28)10-11-29-3/h4-5,12-13,15-16H,6-11H2,1-3H3. The number of piperazine rings is 1. The number of rotatable bonds is 7. The first-order valence-corrected chi connectivity index (χ1v) is 9.75. The van der Waals surface area contributed by atoms with Crippen LogP contribution < -0.4 is 14.7 Å². The van der Waals surface area contributed by atoms with E-state index in [9.17, 15) is 10.1 Å². The average molecular weight is 393 g/mol. The van der Waals surface area contributed by atoms with Gasteiger partial charge in [0.05, 0.1) is 17.9 Å². The van der Waals surface area contributed by atoms with Crippen LogP contribution in [-0.4, -0.2) is 57.8 Å². The normalized spacial score (nSPS) is 13.9. The lowest BCUT2D eigenvalue weighted by molar-refractivity contribution is -0.107. The Balaban J connectivity index is 1.73. The maximum Gasteiger partial charge on any atom is 0.214 e. The lowest BCUT2D eigenvalue weighted by atomic mass is 10.1. The summed E-state index contributed by atoms with van der Waals surface area (Å²) >= 11 is 0. The molecule has 2 aromatic rings. The average Bonchev–Trinajstić information content (AvgIpc) is 2.74. The molecule has 3 rings (SSSR count). The Hall–Kier alpha value is -3.11. The van der Waals surface area contributed by atoms with Crippen molar-refractivity contribution < 1.29 is 9.53 Å². The molecule has 0 unspecified atom stereocenters. The van der Waals surface area contributed by atoms with Crippen molar-refractivity contribution >= 4 is 23.6 Å². The van der Waals surface area contributed by atoms with Gasteiger partial charge < -0.3 is 19.4 Å². The number of pyridine rings is 1. The van der Waals surface area contributed by atoms with Crippen LogP contribution in [0.15, 0.2) is 30.5 Å². The van der Waals surface area contributed by atoms with Gasteiger partial charge in [0.15, 0.2) is 0 Å². The van der Waals surface area contributed by atoms with Crippen LogP contribution in [-0.2, 0) is 9.53 Å². The molecule has 1 aliphatic heterocycles. The number of nitrogens with zero attached hydrogens (tertiary/aromatic N) is 5. The van der Waals surface area contributed by atoms with Gasteiger partial charge in [-0.3, -0.25) is 4.79 Å². The Labute approximate surface area is 172 Å². The van der Waals surface area contributed by atoms with Gasteiger partial charge in [0, 0.05) is 51.7 Å². The van der Waals surface area contributed by atoms with Crippen molar-refractivity contribution in [1.82, 2.24) is 4.98 Å². The zero-order chi connectivity index (χ0) is 20.8. The van der Waals surface area contributed by atoms with Gasteiger partial charge >= 0.3 is 0 Å². The molecule has 7 nitrogen and oxygen atoms in total. The number of hydrogen-bond acceptors (Lipinski definition) is 6. The van der Waals surface area contributed by atoms with Crippen molar-refractivity contribution in [2.24, 2.45) is 0 Å². The highest BCUT2D eigenvalue weighted by molar-refractivity contribution is 5.78. The third-order valence-corrected chi connectivity index (χ3v) is 5.20. The predicted octanol–water partition coefficient (Wildman–Crippen LogP) is 2.51. The molecule has 0 bridgehead atoms. The Morgan fingerprint density at radius 1 is 1.21 bits per heavy atom. The number of carbonyl (C=O) groups is 1. The molecule has 0 atom stereocenters. The number of anilines is 3. The quantitative estimate of drug-likeness (QED) is 0.673. The van der Waals surface area contributed by atoms with Gasteiger partial charge in [-0.25, -0.2) is 4.98 Å². The fourth-order valence-corrected chi connectivity index (χ4v) is 3.70. The number of ether oxygens (including phenoxy) is 1. The van der Waals surface area contributed by atoms with Crippen LogP contribution in [0.5, 0.6) is 0 Å². The van der Waals surface area contributed by atoms with Crippen molar-refractivity contribution in [3.05, 3.63) is 47.2 Å². The third-order valence-electron chi connectivity index (χ3n) is 5.20. The van der Waals surface area contributed by atoms with E-state index in [1.54, 1.807) is 18.1 Å². The van der Waals surface area contributed by atoms with E-state index in [1.807, 2.05) is 18.3 Å².